The zero-order chi connectivity index (χ0) is 13.0. The summed E-state index contributed by atoms with van der Waals surface area (Å²) in [7, 11) is 3.17. The molecule has 1 atom stereocenters. The molecule has 0 unspecified atom stereocenters. The number of hydrogen-bond donors (Lipinski definition) is 1. The Morgan fingerprint density at radius 2 is 2.00 bits per heavy atom. The van der Waals surface area contributed by atoms with Crippen molar-refractivity contribution in [2.45, 2.75) is 13.0 Å². The second kappa shape index (κ2) is 5.34. The van der Waals surface area contributed by atoms with E-state index in [0.29, 0.717) is 0 Å². The predicted octanol–water partition coefficient (Wildman–Crippen LogP) is 1.03. The number of ether oxygens (including phenoxy) is 1. The summed E-state index contributed by atoms with van der Waals surface area (Å²) in [6.45, 7) is 1.50. The minimum absolute atomic E-state index is 0.0222. The number of benzene rings is 1. The molecule has 1 rings (SSSR count). The Balaban J connectivity index is 2.70. The number of hydrogen-bond acceptors (Lipinski definition) is 4. The first-order valence-electron chi connectivity index (χ1n) is 5.13. The lowest BCUT2D eigenvalue weighted by molar-refractivity contribution is -0.137. The monoisotopic (exact) mass is 237 g/mol. The minimum Gasteiger partial charge on any atom is -0.508 e. The molecule has 1 amide bonds. The van der Waals surface area contributed by atoms with Crippen molar-refractivity contribution in [2.75, 3.05) is 14.1 Å². The van der Waals surface area contributed by atoms with Crippen LogP contribution >= 0.6 is 0 Å². The molecule has 0 aliphatic carbocycles. The molecule has 0 aromatic heterocycles. The molecule has 5 heteroatoms. The molecule has 0 fully saturated rings. The number of phenols is 1. The van der Waals surface area contributed by atoms with Crippen LogP contribution in [0.1, 0.15) is 17.3 Å². The maximum absolute atomic E-state index is 11.6. The number of rotatable bonds is 3. The van der Waals surface area contributed by atoms with Gasteiger partial charge in [-0.05, 0) is 25.1 Å². The highest BCUT2D eigenvalue weighted by molar-refractivity contribution is 5.92. The Morgan fingerprint density at radius 1 is 1.35 bits per heavy atom. The Morgan fingerprint density at radius 3 is 2.53 bits per heavy atom. The molecule has 0 radical (unpaired) electrons. The van der Waals surface area contributed by atoms with E-state index in [1.54, 1.807) is 14.1 Å². The molecular weight excluding hydrogens is 222 g/mol. The summed E-state index contributed by atoms with van der Waals surface area (Å²) >= 11 is 0. The minimum atomic E-state index is -0.847. The highest BCUT2D eigenvalue weighted by Gasteiger charge is 2.20. The van der Waals surface area contributed by atoms with Gasteiger partial charge in [-0.25, -0.2) is 4.79 Å². The number of carbonyl (C=O) groups is 2. The van der Waals surface area contributed by atoms with Crippen LogP contribution in [-0.4, -0.2) is 42.1 Å². The van der Waals surface area contributed by atoms with Crippen LogP contribution < -0.4 is 0 Å². The van der Waals surface area contributed by atoms with Gasteiger partial charge in [-0.1, -0.05) is 6.07 Å². The van der Waals surface area contributed by atoms with E-state index in [4.69, 9.17) is 4.74 Å². The van der Waals surface area contributed by atoms with Crippen molar-refractivity contribution < 1.29 is 19.4 Å². The van der Waals surface area contributed by atoms with Crippen LogP contribution in [0.15, 0.2) is 24.3 Å². The summed E-state index contributed by atoms with van der Waals surface area (Å²) in [5.74, 6) is -0.951. The third kappa shape index (κ3) is 3.48. The number of carbonyl (C=O) groups excluding carboxylic acids is 2. The van der Waals surface area contributed by atoms with E-state index >= 15 is 0 Å². The second-order valence-electron chi connectivity index (χ2n) is 3.83. The third-order valence-electron chi connectivity index (χ3n) is 2.15. The average molecular weight is 237 g/mol. The summed E-state index contributed by atoms with van der Waals surface area (Å²) in [4.78, 5) is 24.5. The molecule has 0 spiro atoms. The number of likely N-dealkylation sites (N-methyl/N-ethyl adjacent to an activating group) is 1. The summed E-state index contributed by atoms with van der Waals surface area (Å²) in [5, 5.41) is 9.21. The van der Waals surface area contributed by atoms with E-state index < -0.39 is 12.1 Å². The molecule has 0 heterocycles. The first kappa shape index (κ1) is 13.0. The van der Waals surface area contributed by atoms with Crippen molar-refractivity contribution in [3.8, 4) is 5.75 Å². The quantitative estimate of drug-likeness (QED) is 0.797. The second-order valence-corrected chi connectivity index (χ2v) is 3.83. The lowest BCUT2D eigenvalue weighted by Gasteiger charge is -2.17. The first-order valence-corrected chi connectivity index (χ1v) is 5.13. The van der Waals surface area contributed by atoms with Gasteiger partial charge in [-0.2, -0.15) is 0 Å². The molecule has 0 bridgehead atoms. The van der Waals surface area contributed by atoms with Crippen LogP contribution in [0.3, 0.4) is 0 Å². The van der Waals surface area contributed by atoms with Gasteiger partial charge in [0.1, 0.15) is 5.75 Å². The van der Waals surface area contributed by atoms with E-state index in [9.17, 15) is 14.7 Å². The molecule has 5 nitrogen and oxygen atoms in total. The number of phenolic OH excluding ortho intramolecular Hbond substituents is 1. The number of aromatic hydroxyl groups is 1. The van der Waals surface area contributed by atoms with Crippen molar-refractivity contribution in [3.63, 3.8) is 0 Å². The van der Waals surface area contributed by atoms with Crippen LogP contribution in [0.4, 0.5) is 0 Å². The number of amides is 1. The topological polar surface area (TPSA) is 66.8 Å². The highest BCUT2D eigenvalue weighted by atomic mass is 16.5. The van der Waals surface area contributed by atoms with Gasteiger partial charge in [-0.15, -0.1) is 0 Å². The number of nitrogens with zero attached hydrogens (tertiary/aromatic N) is 1. The zero-order valence-corrected chi connectivity index (χ0v) is 10.0. The fourth-order valence-electron chi connectivity index (χ4n) is 1.28. The standard InChI is InChI=1S/C12H15NO4/c1-8(11(15)13(2)3)17-12(16)9-5-4-6-10(14)7-9/h4-8,14H,1-3H3/t8-/m1/s1. The largest absolute Gasteiger partial charge is 0.508 e. The van der Waals surface area contributed by atoms with Gasteiger partial charge in [0.15, 0.2) is 6.10 Å². The van der Waals surface area contributed by atoms with Gasteiger partial charge in [-0.3, -0.25) is 4.79 Å². The van der Waals surface area contributed by atoms with E-state index in [1.165, 1.54) is 36.1 Å². The normalized spacial score (nSPS) is 11.7. The van der Waals surface area contributed by atoms with Crippen molar-refractivity contribution in [2.24, 2.45) is 0 Å². The van der Waals surface area contributed by atoms with Crippen molar-refractivity contribution in [3.05, 3.63) is 29.8 Å². The van der Waals surface area contributed by atoms with Gasteiger partial charge in [0.25, 0.3) is 5.91 Å². The molecule has 0 aliphatic rings. The highest BCUT2D eigenvalue weighted by Crippen LogP contribution is 2.12. The van der Waals surface area contributed by atoms with Gasteiger partial charge >= 0.3 is 5.97 Å². The molecular formula is C12H15NO4. The molecule has 0 saturated heterocycles. The Bertz CT molecular complexity index is 428. The summed E-state index contributed by atoms with van der Waals surface area (Å²) in [6.07, 6.45) is -0.847. The van der Waals surface area contributed by atoms with Crippen molar-refractivity contribution in [1.29, 1.82) is 0 Å². The lowest BCUT2D eigenvalue weighted by atomic mass is 10.2. The molecule has 1 aromatic rings. The Hall–Kier alpha value is -2.04. The molecule has 17 heavy (non-hydrogen) atoms. The van der Waals surface area contributed by atoms with Crippen LogP contribution in [0.5, 0.6) is 5.75 Å². The zero-order valence-electron chi connectivity index (χ0n) is 10.0. The summed E-state index contributed by atoms with van der Waals surface area (Å²) in [5.41, 5.74) is 0.211. The fourth-order valence-corrected chi connectivity index (χ4v) is 1.28. The van der Waals surface area contributed by atoms with E-state index in [1.807, 2.05) is 0 Å². The Kier molecular flexibility index (Phi) is 4.09. The molecule has 0 saturated carbocycles. The van der Waals surface area contributed by atoms with Crippen LogP contribution in [0.2, 0.25) is 0 Å². The fraction of sp³-hybridized carbons (Fsp3) is 0.333. The van der Waals surface area contributed by atoms with Crippen molar-refractivity contribution in [1.82, 2.24) is 4.90 Å². The van der Waals surface area contributed by atoms with E-state index in [0.717, 1.165) is 0 Å². The third-order valence-corrected chi connectivity index (χ3v) is 2.15. The van der Waals surface area contributed by atoms with E-state index in [-0.39, 0.29) is 17.2 Å². The van der Waals surface area contributed by atoms with Crippen LogP contribution in [-0.2, 0) is 9.53 Å². The van der Waals surface area contributed by atoms with Gasteiger partial charge < -0.3 is 14.7 Å². The smallest absolute Gasteiger partial charge is 0.339 e. The van der Waals surface area contributed by atoms with Crippen molar-refractivity contribution >= 4 is 11.9 Å². The average Bonchev–Trinajstić information content (AvgIpc) is 2.27. The van der Waals surface area contributed by atoms with Gasteiger partial charge in [0, 0.05) is 14.1 Å². The first-order chi connectivity index (χ1) is 7.91. The number of esters is 1. The van der Waals surface area contributed by atoms with E-state index in [2.05, 4.69) is 0 Å². The lowest BCUT2D eigenvalue weighted by Crippen LogP contribution is -2.34. The summed E-state index contributed by atoms with van der Waals surface area (Å²) < 4.78 is 4.97. The van der Waals surface area contributed by atoms with Gasteiger partial charge in [0.2, 0.25) is 0 Å². The van der Waals surface area contributed by atoms with Crippen LogP contribution in [0, 0.1) is 0 Å². The summed E-state index contributed by atoms with van der Waals surface area (Å²) in [6, 6.07) is 5.78. The SMILES string of the molecule is C[C@@H](OC(=O)c1cccc(O)c1)C(=O)N(C)C. The maximum Gasteiger partial charge on any atom is 0.339 e. The Labute approximate surface area is 99.6 Å². The van der Waals surface area contributed by atoms with Crippen LogP contribution in [0.25, 0.3) is 0 Å². The van der Waals surface area contributed by atoms with Gasteiger partial charge in [0.05, 0.1) is 5.56 Å². The molecule has 1 aromatic carbocycles. The maximum atomic E-state index is 11.6. The molecule has 1 N–H and O–H groups in total. The predicted molar refractivity (Wildman–Crippen MR) is 61.7 cm³/mol. The molecule has 92 valence electrons. The molecule has 0 aliphatic heterocycles.